The van der Waals surface area contributed by atoms with Crippen LogP contribution in [-0.4, -0.2) is 94.4 Å². The first kappa shape index (κ1) is 37.7. The third-order valence-corrected chi connectivity index (χ3v) is 6.63. The molecule has 16 heteroatoms. The topological polar surface area (TPSA) is 246 Å². The van der Waals surface area contributed by atoms with E-state index in [1.165, 1.54) is 0 Å². The first-order valence-electron chi connectivity index (χ1n) is 13.7. The number of primary amides is 1. The molecule has 0 aliphatic rings. The summed E-state index contributed by atoms with van der Waals surface area (Å²) in [6.45, 7) is 1.66. The molecule has 0 fully saturated rings. The molecular weight excluding hydrogens is 591 g/mol. The van der Waals surface area contributed by atoms with Gasteiger partial charge in [-0.25, -0.2) is 0 Å². The van der Waals surface area contributed by atoms with Crippen molar-refractivity contribution in [3.8, 4) is 0 Å². The molecule has 0 aromatic carbocycles. The second kappa shape index (κ2) is 22.4. The molecule has 11 N–H and O–H groups in total. The van der Waals surface area contributed by atoms with Crippen LogP contribution in [0.4, 0.5) is 0 Å². The smallest absolute Gasteiger partial charge is 0.426 e. The highest BCUT2D eigenvalue weighted by Crippen LogP contribution is 2.08. The van der Waals surface area contributed by atoms with Crippen LogP contribution in [-0.2, 0) is 24.0 Å². The molecule has 5 amide bonds. The Bertz CT molecular complexity index is 794. The Morgan fingerprint density at radius 2 is 1.38 bits per heavy atom. The van der Waals surface area contributed by atoms with Crippen LogP contribution in [0.15, 0.2) is 0 Å². The third-order valence-electron chi connectivity index (χ3n) is 6.07. The van der Waals surface area contributed by atoms with Gasteiger partial charge < -0.3 is 47.9 Å². The van der Waals surface area contributed by atoms with Gasteiger partial charge in [0.25, 0.3) is 0 Å². The van der Waals surface area contributed by atoms with Crippen molar-refractivity contribution in [1.82, 2.24) is 21.3 Å². The predicted molar refractivity (Wildman–Crippen MR) is 154 cm³/mol. The van der Waals surface area contributed by atoms with Gasteiger partial charge in [-0.1, -0.05) is 42.1 Å². The standard InChI is InChI=1S/C24H46BBrN6O8/c1-2-3-8-16(23(37)32-19(25(39)40)9-7-13-26)30-22(36)17(11-12-20(28)34)31-24(38)18(15-33)29-21(35)10-5-4-6-14-27/h16-19,33,39-40H,2-15,27H2,1H3,(H2,28,34)(H,29,35)(H,30,36)(H,31,38)(H,32,37)/t16-,17-,18-,19+/m0/s1. The molecule has 0 saturated heterocycles. The maximum absolute atomic E-state index is 13.2. The molecule has 40 heavy (non-hydrogen) atoms. The summed E-state index contributed by atoms with van der Waals surface area (Å²) in [5, 5.41) is 39.5. The number of halogens is 1. The van der Waals surface area contributed by atoms with Crippen LogP contribution in [0.2, 0.25) is 0 Å². The van der Waals surface area contributed by atoms with Crippen LogP contribution in [0.25, 0.3) is 0 Å². The van der Waals surface area contributed by atoms with Crippen LogP contribution < -0.4 is 32.7 Å². The summed E-state index contributed by atoms with van der Waals surface area (Å²) in [6, 6.07) is -3.71. The highest BCUT2D eigenvalue weighted by Gasteiger charge is 2.32. The van der Waals surface area contributed by atoms with E-state index < -0.39 is 67.3 Å². The van der Waals surface area contributed by atoms with Gasteiger partial charge in [-0.2, -0.15) is 0 Å². The summed E-state index contributed by atoms with van der Waals surface area (Å²) in [5.41, 5.74) is 10.7. The Hall–Kier alpha value is -2.27. The van der Waals surface area contributed by atoms with Gasteiger partial charge in [0, 0.05) is 18.2 Å². The summed E-state index contributed by atoms with van der Waals surface area (Å²) in [4.78, 5) is 62.5. The number of rotatable bonds is 23. The Balaban J connectivity index is 5.52. The van der Waals surface area contributed by atoms with Crippen molar-refractivity contribution in [2.75, 3.05) is 18.5 Å². The number of unbranched alkanes of at least 4 members (excludes halogenated alkanes) is 3. The van der Waals surface area contributed by atoms with Crippen LogP contribution >= 0.6 is 15.9 Å². The first-order chi connectivity index (χ1) is 19.0. The lowest BCUT2D eigenvalue weighted by atomic mass is 9.76. The summed E-state index contributed by atoms with van der Waals surface area (Å²) < 4.78 is 0. The quantitative estimate of drug-likeness (QED) is 0.0344. The number of aliphatic hydroxyl groups is 1. The fourth-order valence-corrected chi connectivity index (χ4v) is 4.04. The molecule has 4 atom stereocenters. The zero-order valence-corrected chi connectivity index (χ0v) is 24.8. The van der Waals surface area contributed by atoms with Gasteiger partial charge in [0.15, 0.2) is 0 Å². The van der Waals surface area contributed by atoms with Gasteiger partial charge in [-0.3, -0.25) is 24.0 Å². The monoisotopic (exact) mass is 636 g/mol. The number of nitrogens with two attached hydrogens (primary N) is 2. The SMILES string of the molecule is CCCC[C@H](NC(=O)[C@H](CCC(N)=O)NC(=O)[C@H](CO)NC(=O)CCCCCN)C(=O)N[C@H](CCCBr)B(O)O. The fraction of sp³-hybridized carbons (Fsp3) is 0.792. The molecule has 0 aromatic heterocycles. The first-order valence-corrected chi connectivity index (χ1v) is 14.8. The van der Waals surface area contributed by atoms with E-state index in [0.717, 1.165) is 12.8 Å². The van der Waals surface area contributed by atoms with E-state index in [-0.39, 0.29) is 32.1 Å². The molecule has 0 spiro atoms. The summed E-state index contributed by atoms with van der Waals surface area (Å²) in [5.74, 6) is -4.40. The Morgan fingerprint density at radius 3 is 1.90 bits per heavy atom. The molecule has 0 aromatic rings. The van der Waals surface area contributed by atoms with Gasteiger partial charge in [0.05, 0.1) is 12.5 Å². The number of hydrogen-bond donors (Lipinski definition) is 9. The van der Waals surface area contributed by atoms with Crippen molar-refractivity contribution in [2.45, 2.75) is 102 Å². The van der Waals surface area contributed by atoms with Crippen molar-refractivity contribution in [3.63, 3.8) is 0 Å². The van der Waals surface area contributed by atoms with Crippen molar-refractivity contribution in [3.05, 3.63) is 0 Å². The number of aliphatic hydroxyl groups excluding tert-OH is 1. The maximum atomic E-state index is 13.2. The Kier molecular flexibility index (Phi) is 21.2. The van der Waals surface area contributed by atoms with Crippen molar-refractivity contribution >= 4 is 52.6 Å². The summed E-state index contributed by atoms with van der Waals surface area (Å²) in [6.07, 6.45) is 4.07. The van der Waals surface area contributed by atoms with Crippen LogP contribution in [0.3, 0.4) is 0 Å². The fourth-order valence-electron chi connectivity index (χ4n) is 3.72. The van der Waals surface area contributed by atoms with Gasteiger partial charge in [0.1, 0.15) is 18.1 Å². The summed E-state index contributed by atoms with van der Waals surface area (Å²) >= 11 is 3.25. The molecule has 14 nitrogen and oxygen atoms in total. The Morgan fingerprint density at radius 1 is 0.775 bits per heavy atom. The average molecular weight is 637 g/mol. The van der Waals surface area contributed by atoms with E-state index in [0.29, 0.717) is 37.6 Å². The number of nitrogens with one attached hydrogen (secondary N) is 4. The van der Waals surface area contributed by atoms with Crippen LogP contribution in [0.1, 0.15) is 77.6 Å². The van der Waals surface area contributed by atoms with E-state index in [2.05, 4.69) is 37.2 Å². The highest BCUT2D eigenvalue weighted by molar-refractivity contribution is 9.09. The lowest BCUT2D eigenvalue weighted by Gasteiger charge is -2.26. The second-order valence-electron chi connectivity index (χ2n) is 9.53. The number of alkyl halides is 1. The number of hydrogen-bond acceptors (Lipinski definition) is 9. The number of carbonyl (C=O) groups excluding carboxylic acids is 5. The lowest BCUT2D eigenvalue weighted by Crippen LogP contribution is -2.58. The van der Waals surface area contributed by atoms with Gasteiger partial charge in [-0.05, 0) is 45.1 Å². The van der Waals surface area contributed by atoms with Gasteiger partial charge >= 0.3 is 7.12 Å². The van der Waals surface area contributed by atoms with Crippen LogP contribution in [0, 0.1) is 0 Å². The van der Waals surface area contributed by atoms with Gasteiger partial charge in [-0.15, -0.1) is 0 Å². The zero-order chi connectivity index (χ0) is 30.5. The number of amides is 5. The van der Waals surface area contributed by atoms with E-state index in [1.807, 2.05) is 6.92 Å². The van der Waals surface area contributed by atoms with E-state index in [1.54, 1.807) is 0 Å². The maximum Gasteiger partial charge on any atom is 0.475 e. The predicted octanol–water partition coefficient (Wildman–Crippen LogP) is -1.92. The highest BCUT2D eigenvalue weighted by atomic mass is 79.9. The normalized spacial score (nSPS) is 13.8. The minimum Gasteiger partial charge on any atom is -0.426 e. The lowest BCUT2D eigenvalue weighted by molar-refractivity contribution is -0.134. The molecule has 0 heterocycles. The zero-order valence-electron chi connectivity index (χ0n) is 23.2. The molecule has 230 valence electrons. The molecule has 0 radical (unpaired) electrons. The molecule has 0 saturated carbocycles. The molecule has 0 bridgehead atoms. The van der Waals surface area contributed by atoms with E-state index in [9.17, 15) is 39.1 Å². The van der Waals surface area contributed by atoms with Crippen LogP contribution in [0.5, 0.6) is 0 Å². The van der Waals surface area contributed by atoms with E-state index in [4.69, 9.17) is 11.5 Å². The molecular formula is C24H46BBrN6O8. The minimum atomic E-state index is -1.81. The Labute approximate surface area is 244 Å². The molecule has 0 aliphatic carbocycles. The van der Waals surface area contributed by atoms with Gasteiger partial charge in [0.2, 0.25) is 29.5 Å². The third kappa shape index (κ3) is 16.7. The van der Waals surface area contributed by atoms with Crippen molar-refractivity contribution < 1.29 is 39.1 Å². The summed E-state index contributed by atoms with van der Waals surface area (Å²) in [7, 11) is -1.81. The molecule has 0 rings (SSSR count). The largest absolute Gasteiger partial charge is 0.475 e. The second-order valence-corrected chi connectivity index (χ2v) is 10.3. The molecule has 0 unspecified atom stereocenters. The van der Waals surface area contributed by atoms with Crippen molar-refractivity contribution in [1.29, 1.82) is 0 Å². The van der Waals surface area contributed by atoms with E-state index >= 15 is 0 Å². The number of carbonyl (C=O) groups is 5. The molecule has 0 aliphatic heterocycles. The average Bonchev–Trinajstić information content (AvgIpc) is 2.91. The van der Waals surface area contributed by atoms with Crippen molar-refractivity contribution in [2.24, 2.45) is 11.5 Å². The minimum absolute atomic E-state index is 0.128.